The minimum atomic E-state index is 0.0519. The molecule has 3 unspecified atom stereocenters. The number of aliphatic imine (C=N–C) groups is 1. The van der Waals surface area contributed by atoms with E-state index in [0.717, 1.165) is 62.5 Å². The fraction of sp³-hybridized carbons (Fsp3) is 0.565. The van der Waals surface area contributed by atoms with Crippen molar-refractivity contribution in [1.82, 2.24) is 9.97 Å². The van der Waals surface area contributed by atoms with E-state index in [2.05, 4.69) is 38.9 Å². The molecule has 3 atom stereocenters. The summed E-state index contributed by atoms with van der Waals surface area (Å²) in [6.07, 6.45) is 14.4. The molecule has 6 nitrogen and oxygen atoms in total. The summed E-state index contributed by atoms with van der Waals surface area (Å²) in [6, 6.07) is 0.285. The Morgan fingerprint density at radius 2 is 2.14 bits per heavy atom. The standard InChI is InChI=1S/C23H28N4O2/c1-15-10-11-24-22-21(15)23(26-14-25-22)27-12-4-5-16(27)13-29-20-9-3-6-17-18(20)7-2-8-19(17)28/h3,9,11,14-17H,2,4-8,10,12-13H2,1H3. The lowest BCUT2D eigenvalue weighted by Gasteiger charge is -2.32. The molecule has 0 spiro atoms. The molecule has 0 amide bonds. The number of carbonyl (C=O) groups excluding carboxylic acids is 1. The Hall–Kier alpha value is -2.50. The lowest BCUT2D eigenvalue weighted by atomic mass is 9.78. The Morgan fingerprint density at radius 3 is 3.07 bits per heavy atom. The number of Topliss-reactive ketones (excluding diaryl/α,β-unsaturated/α-hetero) is 1. The number of ketones is 1. The van der Waals surface area contributed by atoms with Crippen LogP contribution in [0.25, 0.3) is 0 Å². The number of hydrogen-bond acceptors (Lipinski definition) is 6. The molecule has 1 aromatic heterocycles. The minimum Gasteiger partial charge on any atom is -0.491 e. The van der Waals surface area contributed by atoms with Gasteiger partial charge in [-0.2, -0.15) is 0 Å². The highest BCUT2D eigenvalue weighted by molar-refractivity contribution is 5.85. The molecule has 0 N–H and O–H groups in total. The summed E-state index contributed by atoms with van der Waals surface area (Å²) in [5.74, 6) is 3.57. The fourth-order valence-electron chi connectivity index (χ4n) is 5.16. The average Bonchev–Trinajstić information content (AvgIpc) is 3.21. The van der Waals surface area contributed by atoms with Gasteiger partial charge in [0.1, 0.15) is 30.3 Å². The maximum atomic E-state index is 12.3. The van der Waals surface area contributed by atoms with Crippen LogP contribution < -0.4 is 4.90 Å². The van der Waals surface area contributed by atoms with Crippen LogP contribution in [-0.4, -0.2) is 41.2 Å². The number of hydrogen-bond donors (Lipinski definition) is 0. The number of carbonyl (C=O) groups is 1. The highest BCUT2D eigenvalue weighted by atomic mass is 16.5. The van der Waals surface area contributed by atoms with Crippen molar-refractivity contribution in [3.8, 4) is 0 Å². The normalized spacial score (nSPS) is 28.5. The molecule has 0 radical (unpaired) electrons. The van der Waals surface area contributed by atoms with Gasteiger partial charge in [-0.05, 0) is 56.1 Å². The van der Waals surface area contributed by atoms with E-state index >= 15 is 0 Å². The number of ether oxygens (including phenoxy) is 1. The van der Waals surface area contributed by atoms with Gasteiger partial charge >= 0.3 is 0 Å². The highest BCUT2D eigenvalue weighted by Crippen LogP contribution is 2.40. The zero-order valence-electron chi connectivity index (χ0n) is 17.0. The van der Waals surface area contributed by atoms with Gasteiger partial charge < -0.3 is 9.64 Å². The Kier molecular flexibility index (Phi) is 4.94. The van der Waals surface area contributed by atoms with Crippen LogP contribution in [0.2, 0.25) is 0 Å². The molecular formula is C23H28N4O2. The van der Waals surface area contributed by atoms with Gasteiger partial charge in [-0.25, -0.2) is 15.0 Å². The van der Waals surface area contributed by atoms with Crippen molar-refractivity contribution in [2.24, 2.45) is 10.9 Å². The average molecular weight is 393 g/mol. The molecule has 0 aromatic carbocycles. The second-order valence-electron chi connectivity index (χ2n) is 8.58. The number of rotatable bonds is 4. The first-order chi connectivity index (χ1) is 14.2. The van der Waals surface area contributed by atoms with Crippen LogP contribution >= 0.6 is 0 Å². The quantitative estimate of drug-likeness (QED) is 0.766. The van der Waals surface area contributed by atoms with Crippen molar-refractivity contribution >= 4 is 23.6 Å². The molecule has 29 heavy (non-hydrogen) atoms. The molecule has 3 heterocycles. The van der Waals surface area contributed by atoms with E-state index in [0.29, 0.717) is 24.7 Å². The van der Waals surface area contributed by atoms with Gasteiger partial charge in [-0.3, -0.25) is 4.79 Å². The third kappa shape index (κ3) is 3.38. The summed E-state index contributed by atoms with van der Waals surface area (Å²) >= 11 is 0. The van der Waals surface area contributed by atoms with Crippen LogP contribution in [0, 0.1) is 5.92 Å². The molecule has 2 fully saturated rings. The first-order valence-electron chi connectivity index (χ1n) is 10.9. The van der Waals surface area contributed by atoms with E-state index in [9.17, 15) is 4.79 Å². The third-order valence-electron chi connectivity index (χ3n) is 6.72. The van der Waals surface area contributed by atoms with Crippen molar-refractivity contribution in [3.63, 3.8) is 0 Å². The van der Waals surface area contributed by atoms with E-state index in [1.807, 2.05) is 6.21 Å². The summed E-state index contributed by atoms with van der Waals surface area (Å²) in [4.78, 5) is 28.2. The van der Waals surface area contributed by atoms with Crippen LogP contribution in [0.4, 0.5) is 11.6 Å². The molecular weight excluding hydrogens is 364 g/mol. The molecule has 5 rings (SSSR count). The van der Waals surface area contributed by atoms with E-state index in [4.69, 9.17) is 4.74 Å². The number of aromatic nitrogens is 2. The molecule has 4 aliphatic rings. The van der Waals surface area contributed by atoms with Crippen molar-refractivity contribution < 1.29 is 9.53 Å². The summed E-state index contributed by atoms with van der Waals surface area (Å²) < 4.78 is 6.33. The van der Waals surface area contributed by atoms with Crippen LogP contribution in [0.1, 0.15) is 63.4 Å². The molecule has 1 saturated heterocycles. The van der Waals surface area contributed by atoms with E-state index < -0.39 is 0 Å². The Balaban J connectivity index is 1.36. The van der Waals surface area contributed by atoms with Crippen molar-refractivity contribution in [1.29, 1.82) is 0 Å². The predicted molar refractivity (Wildman–Crippen MR) is 113 cm³/mol. The maximum absolute atomic E-state index is 12.3. The van der Waals surface area contributed by atoms with Crippen LogP contribution in [0.3, 0.4) is 0 Å². The zero-order chi connectivity index (χ0) is 19.8. The van der Waals surface area contributed by atoms with Crippen molar-refractivity contribution in [2.45, 2.75) is 63.8 Å². The van der Waals surface area contributed by atoms with Gasteiger partial charge in [-0.15, -0.1) is 0 Å². The molecule has 2 aliphatic carbocycles. The van der Waals surface area contributed by atoms with Crippen LogP contribution in [-0.2, 0) is 9.53 Å². The van der Waals surface area contributed by atoms with Crippen molar-refractivity contribution in [3.05, 3.63) is 35.4 Å². The second-order valence-corrected chi connectivity index (χ2v) is 8.58. The van der Waals surface area contributed by atoms with Gasteiger partial charge in [0.2, 0.25) is 0 Å². The first kappa shape index (κ1) is 18.5. The summed E-state index contributed by atoms with van der Waals surface area (Å²) in [6.45, 7) is 3.83. The fourth-order valence-corrected chi connectivity index (χ4v) is 5.16. The first-order valence-corrected chi connectivity index (χ1v) is 10.9. The SMILES string of the molecule is CC1CC=Nc2ncnc(N3CCCC3COC3=C4CCCC(=O)C4CC=C3)c21. The number of anilines is 1. The molecule has 1 saturated carbocycles. The van der Waals surface area contributed by atoms with E-state index in [-0.39, 0.29) is 12.0 Å². The highest BCUT2D eigenvalue weighted by Gasteiger charge is 2.33. The van der Waals surface area contributed by atoms with E-state index in [1.54, 1.807) is 6.33 Å². The van der Waals surface area contributed by atoms with Crippen molar-refractivity contribution in [2.75, 3.05) is 18.1 Å². The van der Waals surface area contributed by atoms with E-state index in [1.165, 1.54) is 11.1 Å². The number of fused-ring (bicyclic) bond motifs is 2. The third-order valence-corrected chi connectivity index (χ3v) is 6.72. The van der Waals surface area contributed by atoms with Gasteiger partial charge in [0.25, 0.3) is 0 Å². The Morgan fingerprint density at radius 1 is 1.21 bits per heavy atom. The maximum Gasteiger partial charge on any atom is 0.160 e. The smallest absolute Gasteiger partial charge is 0.160 e. The van der Waals surface area contributed by atoms with Gasteiger partial charge in [0.15, 0.2) is 5.82 Å². The topological polar surface area (TPSA) is 67.7 Å². The van der Waals surface area contributed by atoms with Gasteiger partial charge in [-0.1, -0.05) is 13.0 Å². The summed E-state index contributed by atoms with van der Waals surface area (Å²) in [5, 5.41) is 0. The molecule has 0 bridgehead atoms. The molecule has 1 aromatic rings. The number of allylic oxidation sites excluding steroid dienone is 3. The zero-order valence-corrected chi connectivity index (χ0v) is 17.0. The Labute approximate surface area is 171 Å². The lowest BCUT2D eigenvalue weighted by Crippen LogP contribution is -2.35. The van der Waals surface area contributed by atoms with Crippen LogP contribution in [0.15, 0.2) is 34.8 Å². The minimum absolute atomic E-state index is 0.0519. The Bertz CT molecular complexity index is 904. The largest absolute Gasteiger partial charge is 0.491 e. The monoisotopic (exact) mass is 392 g/mol. The summed E-state index contributed by atoms with van der Waals surface area (Å²) in [7, 11) is 0. The molecule has 2 aliphatic heterocycles. The summed E-state index contributed by atoms with van der Waals surface area (Å²) in [5.41, 5.74) is 2.38. The number of nitrogens with zero attached hydrogens (tertiary/aromatic N) is 4. The van der Waals surface area contributed by atoms with Gasteiger partial charge in [0, 0.05) is 30.7 Å². The lowest BCUT2D eigenvalue weighted by molar-refractivity contribution is -0.122. The predicted octanol–water partition coefficient (Wildman–Crippen LogP) is 4.25. The second kappa shape index (κ2) is 7.73. The van der Waals surface area contributed by atoms with Gasteiger partial charge in [0.05, 0.1) is 6.04 Å². The molecule has 6 heteroatoms. The molecule has 152 valence electrons. The van der Waals surface area contributed by atoms with Crippen LogP contribution in [0.5, 0.6) is 0 Å².